The number of hydrogen-bond donors (Lipinski definition) is 2. The lowest BCUT2D eigenvalue weighted by molar-refractivity contribution is -0.121. The lowest BCUT2D eigenvalue weighted by Gasteiger charge is -2.06. The van der Waals surface area contributed by atoms with E-state index in [1.807, 2.05) is 17.5 Å². The highest BCUT2D eigenvalue weighted by Crippen LogP contribution is 2.21. The first-order valence-corrected chi connectivity index (χ1v) is 8.45. The molecule has 0 fully saturated rings. The Bertz CT molecular complexity index is 1130. The number of benzene rings is 1. The van der Waals surface area contributed by atoms with Gasteiger partial charge < -0.3 is 10.3 Å². The van der Waals surface area contributed by atoms with E-state index >= 15 is 0 Å². The molecule has 0 aliphatic carbocycles. The van der Waals surface area contributed by atoms with Crippen molar-refractivity contribution in [2.24, 2.45) is 0 Å². The molecule has 4 aromatic rings. The maximum absolute atomic E-state index is 13.4. The SMILES string of the molecule is O=C(Cn1cnc2c([nH]c3ccc(F)cc32)c1=O)NCc1cccs1. The van der Waals surface area contributed by atoms with Gasteiger partial charge in [0.15, 0.2) is 0 Å². The van der Waals surface area contributed by atoms with Crippen LogP contribution in [0.25, 0.3) is 21.9 Å². The summed E-state index contributed by atoms with van der Waals surface area (Å²) in [5.74, 6) is -0.675. The summed E-state index contributed by atoms with van der Waals surface area (Å²) >= 11 is 1.55. The lowest BCUT2D eigenvalue weighted by Crippen LogP contribution is -2.32. The normalized spacial score (nSPS) is 11.2. The zero-order valence-corrected chi connectivity index (χ0v) is 13.8. The van der Waals surface area contributed by atoms with Crippen molar-refractivity contribution in [3.05, 3.63) is 63.1 Å². The van der Waals surface area contributed by atoms with Gasteiger partial charge in [-0.2, -0.15) is 0 Å². The summed E-state index contributed by atoms with van der Waals surface area (Å²) in [5.41, 5.74) is 0.915. The number of halogens is 1. The third kappa shape index (κ3) is 2.91. The minimum absolute atomic E-state index is 0.128. The fraction of sp³-hybridized carbons (Fsp3) is 0.118. The van der Waals surface area contributed by atoms with Crippen molar-refractivity contribution in [3.63, 3.8) is 0 Å². The first-order chi connectivity index (χ1) is 12.1. The summed E-state index contributed by atoms with van der Waals surface area (Å²) in [5, 5.41) is 5.24. The average molecular weight is 356 g/mol. The Morgan fingerprint density at radius 1 is 1.36 bits per heavy atom. The molecule has 0 unspecified atom stereocenters. The van der Waals surface area contributed by atoms with Crippen LogP contribution in [0.4, 0.5) is 4.39 Å². The Kier molecular flexibility index (Phi) is 3.81. The Hall–Kier alpha value is -3.00. The van der Waals surface area contributed by atoms with Crippen LogP contribution in [-0.4, -0.2) is 20.4 Å². The van der Waals surface area contributed by atoms with Gasteiger partial charge in [-0.25, -0.2) is 9.37 Å². The number of nitrogens with zero attached hydrogens (tertiary/aromatic N) is 2. The summed E-state index contributed by atoms with van der Waals surface area (Å²) < 4.78 is 14.7. The van der Waals surface area contributed by atoms with Crippen molar-refractivity contribution in [1.29, 1.82) is 0 Å². The third-order valence-electron chi connectivity index (χ3n) is 3.89. The first kappa shape index (κ1) is 15.5. The number of carbonyl (C=O) groups is 1. The van der Waals surface area contributed by atoms with Crippen molar-refractivity contribution in [2.45, 2.75) is 13.1 Å². The minimum Gasteiger partial charge on any atom is -0.350 e. The predicted molar refractivity (Wildman–Crippen MR) is 94.0 cm³/mol. The molecule has 4 rings (SSSR count). The van der Waals surface area contributed by atoms with Crippen LogP contribution in [0, 0.1) is 5.82 Å². The molecule has 3 heterocycles. The molecule has 126 valence electrons. The first-order valence-electron chi connectivity index (χ1n) is 7.57. The molecule has 0 saturated heterocycles. The quantitative estimate of drug-likeness (QED) is 0.589. The molecule has 3 aromatic heterocycles. The molecule has 1 aromatic carbocycles. The van der Waals surface area contributed by atoms with E-state index in [1.165, 1.54) is 23.0 Å². The van der Waals surface area contributed by atoms with Gasteiger partial charge >= 0.3 is 0 Å². The number of amides is 1. The Labute approximate surface area is 144 Å². The van der Waals surface area contributed by atoms with Crippen LogP contribution in [0.15, 0.2) is 46.8 Å². The zero-order chi connectivity index (χ0) is 17.4. The number of aromatic nitrogens is 3. The van der Waals surface area contributed by atoms with Crippen molar-refractivity contribution >= 4 is 39.2 Å². The van der Waals surface area contributed by atoms with Crippen molar-refractivity contribution < 1.29 is 9.18 Å². The summed E-state index contributed by atoms with van der Waals surface area (Å²) in [6.07, 6.45) is 1.31. The van der Waals surface area contributed by atoms with Crippen LogP contribution in [-0.2, 0) is 17.9 Å². The second-order valence-electron chi connectivity index (χ2n) is 5.57. The molecule has 8 heteroatoms. The van der Waals surface area contributed by atoms with Crippen LogP contribution < -0.4 is 10.9 Å². The minimum atomic E-state index is -0.396. The fourth-order valence-corrected chi connectivity index (χ4v) is 3.33. The molecular formula is C17H13FN4O2S. The standard InChI is InChI=1S/C17H13FN4O2S/c18-10-3-4-13-12(6-10)15-16(21-13)17(24)22(9-20-15)8-14(23)19-7-11-2-1-5-25-11/h1-6,9,21H,7-8H2,(H,19,23). The van der Waals surface area contributed by atoms with Gasteiger partial charge in [0.05, 0.1) is 12.9 Å². The van der Waals surface area contributed by atoms with Gasteiger partial charge in [-0.05, 0) is 29.6 Å². The molecule has 0 atom stereocenters. The average Bonchev–Trinajstić information content (AvgIpc) is 3.23. The molecule has 0 bridgehead atoms. The van der Waals surface area contributed by atoms with Gasteiger partial charge in [0.25, 0.3) is 5.56 Å². The number of nitrogens with one attached hydrogen (secondary N) is 2. The van der Waals surface area contributed by atoms with E-state index in [-0.39, 0.29) is 23.5 Å². The molecule has 0 aliphatic heterocycles. The monoisotopic (exact) mass is 356 g/mol. The molecule has 25 heavy (non-hydrogen) atoms. The highest BCUT2D eigenvalue weighted by molar-refractivity contribution is 7.09. The van der Waals surface area contributed by atoms with Gasteiger partial charge in [-0.3, -0.25) is 14.2 Å². The van der Waals surface area contributed by atoms with Crippen LogP contribution >= 0.6 is 11.3 Å². The summed E-state index contributed by atoms with van der Waals surface area (Å²) in [6, 6.07) is 8.04. The van der Waals surface area contributed by atoms with Gasteiger partial charge in [0.2, 0.25) is 5.91 Å². The number of thiophene rings is 1. The van der Waals surface area contributed by atoms with Gasteiger partial charge in [0, 0.05) is 15.8 Å². The second kappa shape index (κ2) is 6.14. The molecular weight excluding hydrogens is 343 g/mol. The molecule has 0 radical (unpaired) electrons. The van der Waals surface area contributed by atoms with E-state index in [2.05, 4.69) is 15.3 Å². The van der Waals surface area contributed by atoms with Crippen LogP contribution in [0.3, 0.4) is 0 Å². The van der Waals surface area contributed by atoms with E-state index in [4.69, 9.17) is 0 Å². The molecule has 1 amide bonds. The largest absolute Gasteiger partial charge is 0.350 e. The fourth-order valence-electron chi connectivity index (χ4n) is 2.68. The maximum atomic E-state index is 13.4. The van der Waals surface area contributed by atoms with Gasteiger partial charge in [0.1, 0.15) is 23.4 Å². The molecule has 6 nitrogen and oxygen atoms in total. The van der Waals surface area contributed by atoms with Crippen LogP contribution in [0.1, 0.15) is 4.88 Å². The zero-order valence-electron chi connectivity index (χ0n) is 13.0. The topological polar surface area (TPSA) is 79.8 Å². The number of fused-ring (bicyclic) bond motifs is 3. The van der Waals surface area contributed by atoms with Crippen molar-refractivity contribution in [2.75, 3.05) is 0 Å². The highest BCUT2D eigenvalue weighted by Gasteiger charge is 2.13. The Morgan fingerprint density at radius 2 is 2.24 bits per heavy atom. The Balaban J connectivity index is 1.62. The summed E-state index contributed by atoms with van der Waals surface area (Å²) in [6.45, 7) is 0.295. The van der Waals surface area contributed by atoms with Crippen LogP contribution in [0.5, 0.6) is 0 Å². The molecule has 0 spiro atoms. The summed E-state index contributed by atoms with van der Waals surface area (Å²) in [4.78, 5) is 32.8. The number of aromatic amines is 1. The molecule has 2 N–H and O–H groups in total. The second-order valence-corrected chi connectivity index (χ2v) is 6.60. The smallest absolute Gasteiger partial charge is 0.278 e. The van der Waals surface area contributed by atoms with Gasteiger partial charge in [-0.1, -0.05) is 6.07 Å². The van der Waals surface area contributed by atoms with E-state index in [0.717, 1.165) is 4.88 Å². The lowest BCUT2D eigenvalue weighted by atomic mass is 10.2. The maximum Gasteiger partial charge on any atom is 0.278 e. The van der Waals surface area contributed by atoms with E-state index < -0.39 is 5.82 Å². The molecule has 0 aliphatic rings. The van der Waals surface area contributed by atoms with E-state index in [9.17, 15) is 14.0 Å². The van der Waals surface area contributed by atoms with Crippen molar-refractivity contribution in [1.82, 2.24) is 19.9 Å². The van der Waals surface area contributed by atoms with E-state index in [0.29, 0.717) is 23.0 Å². The van der Waals surface area contributed by atoms with Gasteiger partial charge in [-0.15, -0.1) is 11.3 Å². The number of hydrogen-bond acceptors (Lipinski definition) is 4. The highest BCUT2D eigenvalue weighted by atomic mass is 32.1. The number of rotatable bonds is 4. The van der Waals surface area contributed by atoms with Crippen molar-refractivity contribution in [3.8, 4) is 0 Å². The third-order valence-corrected chi connectivity index (χ3v) is 4.76. The number of H-pyrrole nitrogens is 1. The predicted octanol–water partition coefficient (Wildman–Crippen LogP) is 2.39. The summed E-state index contributed by atoms with van der Waals surface area (Å²) in [7, 11) is 0. The molecule has 0 saturated carbocycles. The Morgan fingerprint density at radius 3 is 3.04 bits per heavy atom. The van der Waals surface area contributed by atoms with Crippen LogP contribution in [0.2, 0.25) is 0 Å². The van der Waals surface area contributed by atoms with E-state index in [1.54, 1.807) is 17.4 Å². The number of carbonyl (C=O) groups excluding carboxylic acids is 1.